The van der Waals surface area contributed by atoms with Gasteiger partial charge in [0.05, 0.1) is 5.69 Å². The summed E-state index contributed by atoms with van der Waals surface area (Å²) >= 11 is 0. The molecule has 3 rings (SSSR count). The van der Waals surface area contributed by atoms with Crippen LogP contribution in [-0.4, -0.2) is 24.0 Å². The van der Waals surface area contributed by atoms with E-state index in [2.05, 4.69) is 29.8 Å². The number of amides is 2. The molecule has 0 saturated carbocycles. The summed E-state index contributed by atoms with van der Waals surface area (Å²) in [5, 5.41) is 8.97. The summed E-state index contributed by atoms with van der Waals surface area (Å²) in [6.45, 7) is 7.68. The fourth-order valence-electron chi connectivity index (χ4n) is 2.97. The van der Waals surface area contributed by atoms with Crippen LogP contribution >= 0.6 is 0 Å². The second kappa shape index (κ2) is 7.70. The number of carbonyl (C=O) groups is 2. The predicted octanol–water partition coefficient (Wildman–Crippen LogP) is 3.97. The molecular formula is C21H25N3O3. The zero-order chi connectivity index (χ0) is 19.6. The molecule has 2 amide bonds. The summed E-state index contributed by atoms with van der Waals surface area (Å²) in [6, 6.07) is 12.7. The monoisotopic (exact) mass is 367 g/mol. The predicted molar refractivity (Wildman–Crippen MR) is 107 cm³/mol. The minimum atomic E-state index is -0.512. The first-order chi connectivity index (χ1) is 12.8. The molecule has 0 fully saturated rings. The van der Waals surface area contributed by atoms with Crippen molar-refractivity contribution in [2.24, 2.45) is 0 Å². The van der Waals surface area contributed by atoms with E-state index < -0.39 is 12.1 Å². The van der Waals surface area contributed by atoms with Crippen LogP contribution in [0.3, 0.4) is 0 Å². The van der Waals surface area contributed by atoms with Gasteiger partial charge in [-0.3, -0.25) is 9.59 Å². The third-order valence-corrected chi connectivity index (χ3v) is 4.53. The van der Waals surface area contributed by atoms with Crippen LogP contribution in [0.25, 0.3) is 0 Å². The van der Waals surface area contributed by atoms with Crippen LogP contribution in [0, 0.1) is 0 Å². The van der Waals surface area contributed by atoms with E-state index in [0.717, 1.165) is 16.9 Å². The average Bonchev–Trinajstić information content (AvgIpc) is 2.63. The summed E-state index contributed by atoms with van der Waals surface area (Å²) in [7, 11) is 0. The molecule has 6 heteroatoms. The third kappa shape index (κ3) is 4.22. The number of benzene rings is 2. The van der Waals surface area contributed by atoms with Crippen LogP contribution in [0.4, 0.5) is 17.1 Å². The van der Waals surface area contributed by atoms with Crippen molar-refractivity contribution >= 4 is 28.9 Å². The van der Waals surface area contributed by atoms with Gasteiger partial charge in [0.1, 0.15) is 11.8 Å². The number of para-hydroxylation sites is 1. The van der Waals surface area contributed by atoms with E-state index in [1.54, 1.807) is 26.0 Å². The molecule has 0 spiro atoms. The Kier molecular flexibility index (Phi) is 5.35. The van der Waals surface area contributed by atoms with E-state index in [-0.39, 0.29) is 11.8 Å². The molecule has 0 aromatic heterocycles. The molecule has 142 valence electrons. The molecule has 2 aromatic rings. The molecule has 0 unspecified atom stereocenters. The first-order valence-corrected chi connectivity index (χ1v) is 9.13. The van der Waals surface area contributed by atoms with E-state index in [9.17, 15) is 9.59 Å². The van der Waals surface area contributed by atoms with Gasteiger partial charge in [0, 0.05) is 11.4 Å². The van der Waals surface area contributed by atoms with Crippen molar-refractivity contribution in [3.63, 3.8) is 0 Å². The van der Waals surface area contributed by atoms with Crippen LogP contribution in [0.1, 0.15) is 39.2 Å². The van der Waals surface area contributed by atoms with Crippen molar-refractivity contribution in [2.75, 3.05) is 16.0 Å². The highest BCUT2D eigenvalue weighted by atomic mass is 16.5. The summed E-state index contributed by atoms with van der Waals surface area (Å²) in [5.41, 5.74) is 3.25. The lowest BCUT2D eigenvalue weighted by Crippen LogP contribution is -2.35. The second-order valence-electron chi connectivity index (χ2n) is 7.06. The Morgan fingerprint density at radius 2 is 1.89 bits per heavy atom. The highest BCUT2D eigenvalue weighted by molar-refractivity contribution is 5.99. The van der Waals surface area contributed by atoms with Crippen LogP contribution < -0.4 is 20.7 Å². The maximum Gasteiger partial charge on any atom is 0.265 e. The molecule has 1 aliphatic rings. The first-order valence-electron chi connectivity index (χ1n) is 9.13. The quantitative estimate of drug-likeness (QED) is 0.747. The van der Waals surface area contributed by atoms with Crippen molar-refractivity contribution in [1.29, 1.82) is 0 Å². The Hall–Kier alpha value is -3.02. The Morgan fingerprint density at radius 3 is 2.63 bits per heavy atom. The molecule has 1 aliphatic heterocycles. The summed E-state index contributed by atoms with van der Waals surface area (Å²) in [5.74, 6) is 0.623. The van der Waals surface area contributed by atoms with Crippen molar-refractivity contribution in [1.82, 2.24) is 0 Å². The number of hydrogen-bond acceptors (Lipinski definition) is 4. The van der Waals surface area contributed by atoms with Crippen LogP contribution in [-0.2, 0) is 9.59 Å². The van der Waals surface area contributed by atoms with E-state index in [4.69, 9.17) is 4.74 Å². The maximum atomic E-state index is 12.6. The van der Waals surface area contributed by atoms with Gasteiger partial charge in [0.25, 0.3) is 5.91 Å². The smallest absolute Gasteiger partial charge is 0.265 e. The van der Waals surface area contributed by atoms with Crippen molar-refractivity contribution in [3.8, 4) is 5.75 Å². The molecule has 0 saturated heterocycles. The molecule has 1 heterocycles. The van der Waals surface area contributed by atoms with Crippen molar-refractivity contribution in [2.45, 2.75) is 45.8 Å². The van der Waals surface area contributed by atoms with E-state index in [1.165, 1.54) is 0 Å². The highest BCUT2D eigenvalue weighted by Crippen LogP contribution is 2.32. The lowest BCUT2D eigenvalue weighted by atomic mass is 10.0. The molecule has 27 heavy (non-hydrogen) atoms. The minimum absolute atomic E-state index is 0.130. The fraction of sp³-hybridized carbons (Fsp3) is 0.333. The molecule has 3 N–H and O–H groups in total. The lowest BCUT2D eigenvalue weighted by Gasteiger charge is -2.24. The number of carbonyl (C=O) groups excluding carboxylic acids is 2. The Bertz CT molecular complexity index is 864. The zero-order valence-corrected chi connectivity index (χ0v) is 16.0. The van der Waals surface area contributed by atoms with Gasteiger partial charge in [-0.2, -0.15) is 0 Å². The number of fused-ring (bicyclic) bond motifs is 1. The van der Waals surface area contributed by atoms with Crippen LogP contribution in [0.2, 0.25) is 0 Å². The van der Waals surface area contributed by atoms with Crippen LogP contribution in [0.15, 0.2) is 42.5 Å². The summed E-state index contributed by atoms with van der Waals surface area (Å²) < 4.78 is 5.55. The van der Waals surface area contributed by atoms with Gasteiger partial charge in [0.2, 0.25) is 5.91 Å². The molecule has 2 aromatic carbocycles. The van der Waals surface area contributed by atoms with Gasteiger partial charge >= 0.3 is 0 Å². The van der Waals surface area contributed by atoms with Gasteiger partial charge < -0.3 is 20.7 Å². The number of nitrogens with one attached hydrogen (secondary N) is 3. The third-order valence-electron chi connectivity index (χ3n) is 4.53. The van der Waals surface area contributed by atoms with Gasteiger partial charge in [-0.15, -0.1) is 0 Å². The second-order valence-corrected chi connectivity index (χ2v) is 7.06. The van der Waals surface area contributed by atoms with E-state index in [0.29, 0.717) is 17.4 Å². The number of ether oxygens (including phenoxy) is 1. The number of anilines is 3. The summed E-state index contributed by atoms with van der Waals surface area (Å²) in [4.78, 5) is 24.4. The Balaban J connectivity index is 1.69. The molecule has 0 radical (unpaired) electrons. The SMILES string of the molecule is CC(C)c1ccccc1NC(=O)[C@@H](C)Nc1ccc2c(c1)NC(=O)[C@H](C)O2. The summed E-state index contributed by atoms with van der Waals surface area (Å²) in [6.07, 6.45) is -0.512. The van der Waals surface area contributed by atoms with Crippen LogP contribution in [0.5, 0.6) is 5.75 Å². The van der Waals surface area contributed by atoms with Crippen molar-refractivity contribution in [3.05, 3.63) is 48.0 Å². The molecule has 6 nitrogen and oxygen atoms in total. The molecule has 0 aliphatic carbocycles. The molecular weight excluding hydrogens is 342 g/mol. The maximum absolute atomic E-state index is 12.6. The van der Waals surface area contributed by atoms with Gasteiger partial charge in [-0.25, -0.2) is 0 Å². The number of rotatable bonds is 5. The molecule has 2 atom stereocenters. The van der Waals surface area contributed by atoms with Crippen molar-refractivity contribution < 1.29 is 14.3 Å². The lowest BCUT2D eigenvalue weighted by molar-refractivity contribution is -0.122. The Morgan fingerprint density at radius 1 is 1.15 bits per heavy atom. The topological polar surface area (TPSA) is 79.5 Å². The zero-order valence-electron chi connectivity index (χ0n) is 16.0. The van der Waals surface area contributed by atoms with E-state index >= 15 is 0 Å². The van der Waals surface area contributed by atoms with Gasteiger partial charge in [-0.1, -0.05) is 32.0 Å². The number of hydrogen-bond donors (Lipinski definition) is 3. The largest absolute Gasteiger partial charge is 0.479 e. The minimum Gasteiger partial charge on any atom is -0.479 e. The fourth-order valence-corrected chi connectivity index (χ4v) is 2.97. The van der Waals surface area contributed by atoms with E-state index in [1.807, 2.05) is 30.3 Å². The Labute approximate surface area is 159 Å². The standard InChI is InChI=1S/C21H25N3O3/c1-12(2)16-7-5-6-8-17(16)23-20(25)13(3)22-15-9-10-19-18(11-15)24-21(26)14(4)27-19/h5-14,22H,1-4H3,(H,23,25)(H,24,26)/t13-,14+/m1/s1. The average molecular weight is 367 g/mol. The normalized spacial score (nSPS) is 16.8. The van der Waals surface area contributed by atoms with Gasteiger partial charge in [0.15, 0.2) is 6.10 Å². The van der Waals surface area contributed by atoms with Gasteiger partial charge in [-0.05, 0) is 49.6 Å². The highest BCUT2D eigenvalue weighted by Gasteiger charge is 2.24. The molecule has 0 bridgehead atoms. The first kappa shape index (κ1) is 18.8.